The molecule has 3 heteroatoms. The summed E-state index contributed by atoms with van der Waals surface area (Å²) in [5, 5.41) is 6.68. The number of rotatable bonds is 4. The van der Waals surface area contributed by atoms with Crippen molar-refractivity contribution in [1.82, 2.24) is 10.6 Å². The van der Waals surface area contributed by atoms with Crippen LogP contribution < -0.4 is 10.6 Å². The Bertz CT molecular complexity index is 141. The summed E-state index contributed by atoms with van der Waals surface area (Å²) in [5.74, 6) is 0. The molecule has 1 aliphatic heterocycles. The Morgan fingerprint density at radius 2 is 2.42 bits per heavy atom. The predicted octanol–water partition coefficient (Wildman–Crippen LogP) is 0.140. The Labute approximate surface area is 74.2 Å². The minimum absolute atomic E-state index is 0.470. The fourth-order valence-corrected chi connectivity index (χ4v) is 1.21. The van der Waals surface area contributed by atoms with E-state index in [1.54, 1.807) is 0 Å². The zero-order chi connectivity index (χ0) is 8.81. The maximum Gasteiger partial charge on any atom is 0.0672 e. The van der Waals surface area contributed by atoms with Gasteiger partial charge in [0, 0.05) is 25.7 Å². The molecule has 0 aromatic rings. The second kappa shape index (κ2) is 5.30. The zero-order valence-electron chi connectivity index (χ0n) is 7.73. The van der Waals surface area contributed by atoms with Crippen LogP contribution in [0.3, 0.4) is 0 Å². The number of hydrogen-bond donors (Lipinski definition) is 2. The molecule has 12 heavy (non-hydrogen) atoms. The summed E-state index contributed by atoms with van der Waals surface area (Å²) >= 11 is 0. The van der Waals surface area contributed by atoms with E-state index in [0.717, 1.165) is 31.8 Å². The van der Waals surface area contributed by atoms with E-state index < -0.39 is 0 Å². The van der Waals surface area contributed by atoms with Gasteiger partial charge in [0.25, 0.3) is 0 Å². The van der Waals surface area contributed by atoms with Crippen LogP contribution in [0.1, 0.15) is 6.92 Å². The van der Waals surface area contributed by atoms with Gasteiger partial charge in [-0.25, -0.2) is 0 Å². The third kappa shape index (κ3) is 3.85. The van der Waals surface area contributed by atoms with E-state index >= 15 is 0 Å². The Hall–Kier alpha value is -0.380. The highest BCUT2D eigenvalue weighted by Gasteiger charge is 2.10. The molecular formula is C9H18N2O. The van der Waals surface area contributed by atoms with Crippen LogP contribution in [-0.2, 0) is 4.74 Å². The largest absolute Gasteiger partial charge is 0.375 e. The van der Waals surface area contributed by atoms with Crippen molar-refractivity contribution in [3.05, 3.63) is 12.2 Å². The third-order valence-corrected chi connectivity index (χ3v) is 1.79. The van der Waals surface area contributed by atoms with Gasteiger partial charge in [-0.1, -0.05) is 12.2 Å². The lowest BCUT2D eigenvalue weighted by atomic mass is 10.2. The van der Waals surface area contributed by atoms with E-state index in [9.17, 15) is 0 Å². The molecule has 0 aromatic heterocycles. The van der Waals surface area contributed by atoms with Gasteiger partial charge >= 0.3 is 0 Å². The monoisotopic (exact) mass is 170 g/mol. The highest BCUT2D eigenvalue weighted by atomic mass is 16.5. The molecule has 1 heterocycles. The molecule has 0 saturated carbocycles. The maximum atomic E-state index is 5.43. The fourth-order valence-electron chi connectivity index (χ4n) is 1.21. The number of piperazine rings is 1. The molecule has 0 radical (unpaired) electrons. The van der Waals surface area contributed by atoms with Gasteiger partial charge in [-0.15, -0.1) is 0 Å². The van der Waals surface area contributed by atoms with Crippen LogP contribution >= 0.6 is 0 Å². The Balaban J connectivity index is 2.01. The topological polar surface area (TPSA) is 33.3 Å². The van der Waals surface area contributed by atoms with Gasteiger partial charge in [-0.2, -0.15) is 0 Å². The molecule has 1 atom stereocenters. The Morgan fingerprint density at radius 1 is 1.58 bits per heavy atom. The summed E-state index contributed by atoms with van der Waals surface area (Å²) in [5.41, 5.74) is 1.08. The quantitative estimate of drug-likeness (QED) is 0.589. The molecule has 1 saturated heterocycles. The summed E-state index contributed by atoms with van der Waals surface area (Å²) in [6.45, 7) is 10.3. The smallest absolute Gasteiger partial charge is 0.0672 e. The second-order valence-electron chi connectivity index (χ2n) is 3.33. The van der Waals surface area contributed by atoms with Gasteiger partial charge < -0.3 is 15.4 Å². The first-order valence-corrected chi connectivity index (χ1v) is 4.45. The van der Waals surface area contributed by atoms with Crippen LogP contribution in [0.4, 0.5) is 0 Å². The zero-order valence-corrected chi connectivity index (χ0v) is 7.73. The molecular weight excluding hydrogens is 152 g/mol. The molecule has 1 aliphatic rings. The van der Waals surface area contributed by atoms with Crippen molar-refractivity contribution in [1.29, 1.82) is 0 Å². The van der Waals surface area contributed by atoms with Gasteiger partial charge in [0.1, 0.15) is 0 Å². The Morgan fingerprint density at radius 3 is 3.00 bits per heavy atom. The first-order valence-electron chi connectivity index (χ1n) is 4.45. The minimum atomic E-state index is 0.470. The average Bonchev–Trinajstić information content (AvgIpc) is 2.05. The van der Waals surface area contributed by atoms with Crippen molar-refractivity contribution in [2.45, 2.75) is 13.0 Å². The van der Waals surface area contributed by atoms with Crippen LogP contribution in [0, 0.1) is 0 Å². The summed E-state index contributed by atoms with van der Waals surface area (Å²) < 4.78 is 5.43. The molecule has 70 valence electrons. The number of ether oxygens (including phenoxy) is 1. The third-order valence-electron chi connectivity index (χ3n) is 1.79. The van der Waals surface area contributed by atoms with Crippen LogP contribution in [0.15, 0.2) is 12.2 Å². The molecule has 0 amide bonds. The van der Waals surface area contributed by atoms with Crippen molar-refractivity contribution in [3.63, 3.8) is 0 Å². The maximum absolute atomic E-state index is 5.43. The van der Waals surface area contributed by atoms with Crippen molar-refractivity contribution < 1.29 is 4.74 Å². The molecule has 0 aromatic carbocycles. The predicted molar refractivity (Wildman–Crippen MR) is 50.3 cm³/mol. The fraction of sp³-hybridized carbons (Fsp3) is 0.778. The molecule has 0 spiro atoms. The number of hydrogen-bond acceptors (Lipinski definition) is 3. The van der Waals surface area contributed by atoms with E-state index in [1.807, 2.05) is 6.92 Å². The summed E-state index contributed by atoms with van der Waals surface area (Å²) in [6.07, 6.45) is 0. The first kappa shape index (κ1) is 9.71. The van der Waals surface area contributed by atoms with Crippen LogP contribution in [0.2, 0.25) is 0 Å². The highest BCUT2D eigenvalue weighted by molar-refractivity contribution is 4.87. The standard InChI is InChI=1S/C9H18N2O/c1-8(2)6-12-7-9-5-10-3-4-11-9/h9-11H,1,3-7H2,2H3/t9-/m1/s1. The molecule has 0 bridgehead atoms. The van der Waals surface area contributed by atoms with Gasteiger partial charge in [0.2, 0.25) is 0 Å². The van der Waals surface area contributed by atoms with Gasteiger partial charge in [-0.05, 0) is 6.92 Å². The summed E-state index contributed by atoms with van der Waals surface area (Å²) in [4.78, 5) is 0. The van der Waals surface area contributed by atoms with E-state index in [-0.39, 0.29) is 0 Å². The van der Waals surface area contributed by atoms with Crippen LogP contribution in [0.25, 0.3) is 0 Å². The van der Waals surface area contributed by atoms with Gasteiger partial charge in [0.05, 0.1) is 13.2 Å². The lowest BCUT2D eigenvalue weighted by Gasteiger charge is -2.24. The Kier molecular flexibility index (Phi) is 4.29. The molecule has 3 nitrogen and oxygen atoms in total. The van der Waals surface area contributed by atoms with Crippen molar-refractivity contribution in [3.8, 4) is 0 Å². The summed E-state index contributed by atoms with van der Waals surface area (Å²) in [7, 11) is 0. The minimum Gasteiger partial charge on any atom is -0.375 e. The van der Waals surface area contributed by atoms with E-state index in [1.165, 1.54) is 0 Å². The normalized spacial score (nSPS) is 23.9. The van der Waals surface area contributed by atoms with E-state index in [2.05, 4.69) is 17.2 Å². The van der Waals surface area contributed by atoms with E-state index in [0.29, 0.717) is 12.6 Å². The van der Waals surface area contributed by atoms with Crippen LogP contribution in [0.5, 0.6) is 0 Å². The molecule has 2 N–H and O–H groups in total. The molecule has 1 fully saturated rings. The summed E-state index contributed by atoms with van der Waals surface area (Å²) in [6, 6.07) is 0.470. The van der Waals surface area contributed by atoms with Crippen molar-refractivity contribution >= 4 is 0 Å². The second-order valence-corrected chi connectivity index (χ2v) is 3.33. The van der Waals surface area contributed by atoms with Crippen LogP contribution in [-0.4, -0.2) is 38.9 Å². The van der Waals surface area contributed by atoms with Crippen molar-refractivity contribution in [2.75, 3.05) is 32.8 Å². The number of nitrogens with one attached hydrogen (secondary N) is 2. The molecule has 1 rings (SSSR count). The van der Waals surface area contributed by atoms with Gasteiger partial charge in [-0.3, -0.25) is 0 Å². The van der Waals surface area contributed by atoms with E-state index in [4.69, 9.17) is 4.74 Å². The van der Waals surface area contributed by atoms with Gasteiger partial charge in [0.15, 0.2) is 0 Å². The SMILES string of the molecule is C=C(C)COC[C@H]1CNCCN1. The lowest BCUT2D eigenvalue weighted by Crippen LogP contribution is -2.50. The molecule has 0 unspecified atom stereocenters. The van der Waals surface area contributed by atoms with Crippen molar-refractivity contribution in [2.24, 2.45) is 0 Å². The lowest BCUT2D eigenvalue weighted by molar-refractivity contribution is 0.125. The average molecular weight is 170 g/mol. The highest BCUT2D eigenvalue weighted by Crippen LogP contribution is 1.92. The first-order chi connectivity index (χ1) is 5.79. The molecule has 0 aliphatic carbocycles.